The number of halogens is 2. The van der Waals surface area contributed by atoms with Gasteiger partial charge in [-0.2, -0.15) is 0 Å². The van der Waals surface area contributed by atoms with Crippen LogP contribution < -0.4 is 10.3 Å². The number of fused-ring (bicyclic) bond motifs is 4. The first-order chi connectivity index (χ1) is 15.4. The van der Waals surface area contributed by atoms with Crippen LogP contribution in [-0.4, -0.2) is 41.5 Å². The molecule has 1 aliphatic rings. The number of H-pyrrole nitrogens is 2. The summed E-state index contributed by atoms with van der Waals surface area (Å²) >= 11 is 0. The van der Waals surface area contributed by atoms with Crippen LogP contribution in [0, 0.1) is 11.6 Å². The van der Waals surface area contributed by atoms with Gasteiger partial charge in [0.2, 0.25) is 0 Å². The Morgan fingerprint density at radius 1 is 1.12 bits per heavy atom. The van der Waals surface area contributed by atoms with Gasteiger partial charge in [0.1, 0.15) is 11.4 Å². The molecule has 3 heterocycles. The second kappa shape index (κ2) is 7.45. The van der Waals surface area contributed by atoms with E-state index in [0.29, 0.717) is 22.7 Å². The Morgan fingerprint density at radius 3 is 2.62 bits per heavy atom. The van der Waals surface area contributed by atoms with Gasteiger partial charge in [-0.05, 0) is 35.7 Å². The first kappa shape index (κ1) is 20.2. The van der Waals surface area contributed by atoms with Gasteiger partial charge in [0.15, 0.2) is 11.6 Å². The molecule has 0 spiro atoms. The first-order valence-corrected chi connectivity index (χ1v) is 9.93. The zero-order valence-electron chi connectivity index (χ0n) is 17.3. The molecule has 1 aliphatic heterocycles. The lowest BCUT2D eigenvalue weighted by Crippen LogP contribution is -2.37. The second-order valence-electron chi connectivity index (χ2n) is 7.71. The number of likely N-dealkylation sites (N-methyl/N-ethyl adjacent to an activating group) is 1. The number of methoxy groups -OCH3 is 1. The van der Waals surface area contributed by atoms with E-state index in [2.05, 4.69) is 9.97 Å². The van der Waals surface area contributed by atoms with Crippen LogP contribution in [0.3, 0.4) is 0 Å². The largest absolute Gasteiger partial charge is 0.496 e. The van der Waals surface area contributed by atoms with Crippen molar-refractivity contribution >= 4 is 27.6 Å². The molecule has 2 aromatic heterocycles. The molecule has 0 saturated heterocycles. The number of nitrogens with one attached hydrogen (secondary N) is 2. The molecule has 2 aromatic carbocycles. The van der Waals surface area contributed by atoms with Crippen LogP contribution in [0.25, 0.3) is 21.7 Å². The van der Waals surface area contributed by atoms with Crippen LogP contribution >= 0.6 is 0 Å². The number of carbonyl (C=O) groups is 1. The van der Waals surface area contributed by atoms with Crippen LogP contribution in [0.4, 0.5) is 8.78 Å². The maximum Gasteiger partial charge on any atom is 0.270 e. The zero-order valence-corrected chi connectivity index (χ0v) is 17.3. The third-order valence-corrected chi connectivity index (χ3v) is 5.90. The number of rotatable bonds is 3. The lowest BCUT2D eigenvalue weighted by atomic mass is 9.95. The molecule has 5 rings (SSSR count). The third-order valence-electron chi connectivity index (χ3n) is 5.90. The quantitative estimate of drug-likeness (QED) is 0.510. The molecule has 1 amide bonds. The molecule has 0 saturated carbocycles. The fraction of sp³-hybridized carbons (Fsp3) is 0.217. The van der Waals surface area contributed by atoms with Gasteiger partial charge in [-0.3, -0.25) is 9.59 Å². The number of nitrogens with zero attached hydrogens (tertiary/aromatic N) is 1. The van der Waals surface area contributed by atoms with Crippen molar-refractivity contribution in [3.8, 4) is 5.75 Å². The van der Waals surface area contributed by atoms with Crippen molar-refractivity contribution < 1.29 is 23.0 Å². The van der Waals surface area contributed by atoms with Crippen molar-refractivity contribution in [2.75, 3.05) is 20.8 Å². The van der Waals surface area contributed by atoms with Crippen molar-refractivity contribution in [1.82, 2.24) is 14.9 Å². The summed E-state index contributed by atoms with van der Waals surface area (Å²) in [5.74, 6) is -1.87. The average Bonchev–Trinajstić information content (AvgIpc) is 3.23. The van der Waals surface area contributed by atoms with Gasteiger partial charge >= 0.3 is 0 Å². The number of hydrogen-bond acceptors (Lipinski definition) is 4. The van der Waals surface area contributed by atoms with Gasteiger partial charge in [0.05, 0.1) is 31.8 Å². The highest BCUT2D eigenvalue weighted by atomic mass is 19.2. The second-order valence-corrected chi connectivity index (χ2v) is 7.71. The summed E-state index contributed by atoms with van der Waals surface area (Å²) in [6, 6.07) is 8.42. The lowest BCUT2D eigenvalue weighted by Gasteiger charge is -2.33. The van der Waals surface area contributed by atoms with Gasteiger partial charge in [-0.25, -0.2) is 8.78 Å². The van der Waals surface area contributed by atoms with Gasteiger partial charge in [0, 0.05) is 29.2 Å². The number of carbonyl (C=O) groups excluding carboxylic acids is 1. The molecule has 4 aromatic rings. The minimum absolute atomic E-state index is 0.0192. The van der Waals surface area contributed by atoms with Crippen LogP contribution in [0.1, 0.15) is 27.8 Å². The Hall–Kier alpha value is -3.72. The van der Waals surface area contributed by atoms with Gasteiger partial charge in [-0.15, -0.1) is 0 Å². The summed E-state index contributed by atoms with van der Waals surface area (Å²) in [7, 11) is 3.16. The summed E-state index contributed by atoms with van der Waals surface area (Å²) in [6.07, 6.45) is 0. The molecule has 9 heteroatoms. The normalized spacial score (nSPS) is 15.7. The van der Waals surface area contributed by atoms with Crippen LogP contribution in [-0.2, 0) is 11.3 Å². The molecule has 0 bridgehead atoms. The molecule has 2 N–H and O–H groups in total. The summed E-state index contributed by atoms with van der Waals surface area (Å²) in [4.78, 5) is 33.0. The molecule has 0 aliphatic carbocycles. The summed E-state index contributed by atoms with van der Waals surface area (Å²) in [6.45, 7) is 0.237. The Bertz CT molecular complexity index is 1440. The van der Waals surface area contributed by atoms with E-state index < -0.39 is 23.2 Å². The van der Waals surface area contributed by atoms with Crippen LogP contribution in [0.5, 0.6) is 5.75 Å². The Morgan fingerprint density at radius 2 is 1.88 bits per heavy atom. The summed E-state index contributed by atoms with van der Waals surface area (Å²) in [5.41, 5.74) is 1.51. The standard InChI is InChI=1S/C23H19F2N3O4/c1-28(23(30)17-8-13-16(26-17)4-3-5-20(13)31-2)19-10-32-9-18-21(19)11-6-14(24)15(25)7-12(11)22(29)27-18/h3-8,19,26H,9-10H2,1-2H3,(H,27,29). The fourth-order valence-corrected chi connectivity index (χ4v) is 4.30. The van der Waals surface area contributed by atoms with E-state index in [1.165, 1.54) is 4.90 Å². The summed E-state index contributed by atoms with van der Waals surface area (Å²) in [5, 5.41) is 1.04. The van der Waals surface area contributed by atoms with Gasteiger partial charge < -0.3 is 24.3 Å². The van der Waals surface area contributed by atoms with Crippen LogP contribution in [0.15, 0.2) is 41.2 Å². The predicted octanol–water partition coefficient (Wildman–Crippen LogP) is 3.64. The van der Waals surface area contributed by atoms with Crippen molar-refractivity contribution in [2.45, 2.75) is 12.6 Å². The highest BCUT2D eigenvalue weighted by molar-refractivity contribution is 6.00. The minimum Gasteiger partial charge on any atom is -0.496 e. The number of aromatic amines is 2. The fourth-order valence-electron chi connectivity index (χ4n) is 4.30. The number of hydrogen-bond donors (Lipinski definition) is 2. The van der Waals surface area contributed by atoms with E-state index in [4.69, 9.17) is 9.47 Å². The highest BCUT2D eigenvalue weighted by Crippen LogP contribution is 2.35. The van der Waals surface area contributed by atoms with Crippen molar-refractivity contribution in [3.05, 3.63) is 75.3 Å². The maximum atomic E-state index is 14.1. The molecular formula is C23H19F2N3O4. The van der Waals surface area contributed by atoms with Gasteiger partial charge in [0.25, 0.3) is 11.5 Å². The Labute approximate surface area is 180 Å². The minimum atomic E-state index is -1.11. The smallest absolute Gasteiger partial charge is 0.270 e. The van der Waals surface area contributed by atoms with Crippen molar-refractivity contribution in [1.29, 1.82) is 0 Å². The summed E-state index contributed by atoms with van der Waals surface area (Å²) < 4.78 is 38.8. The van der Waals surface area contributed by atoms with E-state index in [1.807, 2.05) is 12.1 Å². The van der Waals surface area contributed by atoms with E-state index in [0.717, 1.165) is 23.0 Å². The molecule has 0 radical (unpaired) electrons. The Balaban J connectivity index is 1.61. The highest BCUT2D eigenvalue weighted by Gasteiger charge is 2.32. The molecule has 32 heavy (non-hydrogen) atoms. The van der Waals surface area contributed by atoms with E-state index in [-0.39, 0.29) is 29.9 Å². The molecule has 7 nitrogen and oxygen atoms in total. The van der Waals surface area contributed by atoms with E-state index in [1.54, 1.807) is 26.3 Å². The Kier molecular flexibility index (Phi) is 4.70. The van der Waals surface area contributed by atoms with E-state index in [9.17, 15) is 18.4 Å². The molecular weight excluding hydrogens is 420 g/mol. The molecule has 164 valence electrons. The number of pyridine rings is 1. The topological polar surface area (TPSA) is 87.4 Å². The van der Waals surface area contributed by atoms with Crippen molar-refractivity contribution in [3.63, 3.8) is 0 Å². The average molecular weight is 439 g/mol. The van der Waals surface area contributed by atoms with Gasteiger partial charge in [-0.1, -0.05) is 6.07 Å². The molecule has 0 fully saturated rings. The number of amides is 1. The third kappa shape index (κ3) is 3.04. The lowest BCUT2D eigenvalue weighted by molar-refractivity contribution is 0.0333. The number of benzene rings is 2. The predicted molar refractivity (Wildman–Crippen MR) is 114 cm³/mol. The SMILES string of the molecule is COc1cccc2[nH]c(C(=O)N(C)C3COCc4[nH]c(=O)c5cc(F)c(F)cc5c43)cc12. The van der Waals surface area contributed by atoms with E-state index >= 15 is 0 Å². The van der Waals surface area contributed by atoms with Crippen molar-refractivity contribution in [2.24, 2.45) is 0 Å². The first-order valence-electron chi connectivity index (χ1n) is 9.93. The number of ether oxygens (including phenoxy) is 2. The number of aromatic nitrogens is 2. The molecule has 1 atom stereocenters. The monoisotopic (exact) mass is 439 g/mol. The molecule has 1 unspecified atom stereocenters. The van der Waals surface area contributed by atoms with Crippen LogP contribution in [0.2, 0.25) is 0 Å². The maximum absolute atomic E-state index is 14.1. The zero-order chi connectivity index (χ0) is 22.6.